The van der Waals surface area contributed by atoms with Crippen molar-refractivity contribution >= 4 is 0 Å². The van der Waals surface area contributed by atoms with Crippen LogP contribution in [0, 0.1) is 0 Å². The molecule has 3 nitrogen and oxygen atoms in total. The number of hydrogen-bond donors (Lipinski definition) is 0. The van der Waals surface area contributed by atoms with Gasteiger partial charge in [0.2, 0.25) is 0 Å². The molecule has 3 rings (SSSR count). The van der Waals surface area contributed by atoms with Crippen LogP contribution in [-0.2, 0) is 4.74 Å². The third-order valence-corrected chi connectivity index (χ3v) is 4.33. The number of nitrogens with zero attached hydrogens (tertiary/aromatic N) is 2. The Balaban J connectivity index is 1.58. The Bertz CT molecular complexity index is 216. The molecule has 3 heteroatoms. The maximum atomic E-state index is 5.44. The second-order valence-electron chi connectivity index (χ2n) is 5.17. The van der Waals surface area contributed by atoms with Gasteiger partial charge in [-0.05, 0) is 32.2 Å². The molecule has 0 aromatic carbocycles. The fourth-order valence-electron chi connectivity index (χ4n) is 3.40. The van der Waals surface area contributed by atoms with Crippen LogP contribution in [0.25, 0.3) is 0 Å². The monoisotopic (exact) mass is 210 g/mol. The van der Waals surface area contributed by atoms with E-state index in [0.717, 1.165) is 25.3 Å². The van der Waals surface area contributed by atoms with Crippen LogP contribution in [-0.4, -0.2) is 61.3 Å². The van der Waals surface area contributed by atoms with Gasteiger partial charge in [0.05, 0.1) is 0 Å². The minimum absolute atomic E-state index is 0.821. The maximum absolute atomic E-state index is 5.44. The SMILES string of the molecule is C1CC2CN(C3CCOCC3)CCN2C1. The molecule has 0 bridgehead atoms. The lowest BCUT2D eigenvalue weighted by molar-refractivity contribution is 0.00436. The van der Waals surface area contributed by atoms with E-state index in [2.05, 4.69) is 9.80 Å². The van der Waals surface area contributed by atoms with Gasteiger partial charge in [-0.2, -0.15) is 0 Å². The Morgan fingerprint density at radius 3 is 2.47 bits per heavy atom. The van der Waals surface area contributed by atoms with Crippen LogP contribution in [0.1, 0.15) is 25.7 Å². The van der Waals surface area contributed by atoms with Gasteiger partial charge in [0.1, 0.15) is 0 Å². The minimum Gasteiger partial charge on any atom is -0.381 e. The van der Waals surface area contributed by atoms with E-state index in [9.17, 15) is 0 Å². The first-order valence-electron chi connectivity index (χ1n) is 6.49. The zero-order valence-electron chi connectivity index (χ0n) is 9.53. The van der Waals surface area contributed by atoms with E-state index in [1.165, 1.54) is 51.9 Å². The largest absolute Gasteiger partial charge is 0.381 e. The number of ether oxygens (including phenoxy) is 1. The Labute approximate surface area is 92.4 Å². The molecule has 0 saturated carbocycles. The Hall–Kier alpha value is -0.120. The molecule has 86 valence electrons. The summed E-state index contributed by atoms with van der Waals surface area (Å²) in [6.45, 7) is 7.24. The Morgan fingerprint density at radius 2 is 1.60 bits per heavy atom. The second-order valence-corrected chi connectivity index (χ2v) is 5.17. The zero-order valence-corrected chi connectivity index (χ0v) is 9.53. The van der Waals surface area contributed by atoms with Gasteiger partial charge < -0.3 is 4.74 Å². The molecule has 0 aromatic rings. The fraction of sp³-hybridized carbons (Fsp3) is 1.00. The summed E-state index contributed by atoms with van der Waals surface area (Å²) >= 11 is 0. The van der Waals surface area contributed by atoms with Gasteiger partial charge in [-0.3, -0.25) is 9.80 Å². The summed E-state index contributed by atoms with van der Waals surface area (Å²) in [7, 11) is 0. The van der Waals surface area contributed by atoms with Crippen molar-refractivity contribution in [3.63, 3.8) is 0 Å². The van der Waals surface area contributed by atoms with Crippen LogP contribution >= 0.6 is 0 Å². The molecule has 0 aliphatic carbocycles. The van der Waals surface area contributed by atoms with Crippen molar-refractivity contribution in [2.45, 2.75) is 37.8 Å². The molecule has 0 amide bonds. The molecule has 3 saturated heterocycles. The summed E-state index contributed by atoms with van der Waals surface area (Å²) < 4.78 is 5.44. The standard InChI is InChI=1S/C12H22N2O/c1-2-12-10-14(7-6-13(12)5-1)11-3-8-15-9-4-11/h11-12H,1-10H2. The molecule has 3 aliphatic heterocycles. The van der Waals surface area contributed by atoms with Crippen molar-refractivity contribution in [2.75, 3.05) is 39.4 Å². The van der Waals surface area contributed by atoms with Crippen molar-refractivity contribution in [2.24, 2.45) is 0 Å². The second kappa shape index (κ2) is 4.40. The van der Waals surface area contributed by atoms with E-state index < -0.39 is 0 Å². The molecule has 3 fully saturated rings. The highest BCUT2D eigenvalue weighted by atomic mass is 16.5. The summed E-state index contributed by atoms with van der Waals surface area (Å²) in [4.78, 5) is 5.42. The Kier molecular flexibility index (Phi) is 2.95. The summed E-state index contributed by atoms with van der Waals surface area (Å²) in [5.74, 6) is 0. The maximum Gasteiger partial charge on any atom is 0.0480 e. The van der Waals surface area contributed by atoms with E-state index in [1.54, 1.807) is 0 Å². The molecule has 15 heavy (non-hydrogen) atoms. The van der Waals surface area contributed by atoms with Crippen LogP contribution in [0.4, 0.5) is 0 Å². The molecule has 0 aromatic heterocycles. The number of rotatable bonds is 1. The molecule has 3 heterocycles. The quantitative estimate of drug-likeness (QED) is 0.641. The third-order valence-electron chi connectivity index (χ3n) is 4.33. The Morgan fingerprint density at radius 1 is 0.800 bits per heavy atom. The first kappa shape index (κ1) is 10.1. The van der Waals surface area contributed by atoms with Gasteiger partial charge in [-0.1, -0.05) is 0 Å². The predicted octanol–water partition coefficient (Wildman–Crippen LogP) is 0.945. The average molecular weight is 210 g/mol. The molecule has 3 aliphatic rings. The van der Waals surface area contributed by atoms with Crippen LogP contribution in [0.2, 0.25) is 0 Å². The molecule has 0 N–H and O–H groups in total. The van der Waals surface area contributed by atoms with Gasteiger partial charge in [-0.15, -0.1) is 0 Å². The van der Waals surface area contributed by atoms with Crippen molar-refractivity contribution < 1.29 is 4.74 Å². The number of fused-ring (bicyclic) bond motifs is 1. The molecular formula is C12H22N2O. The lowest BCUT2D eigenvalue weighted by atomic mass is 10.0. The van der Waals surface area contributed by atoms with E-state index in [-0.39, 0.29) is 0 Å². The predicted molar refractivity (Wildman–Crippen MR) is 60.0 cm³/mol. The zero-order chi connectivity index (χ0) is 10.1. The minimum atomic E-state index is 0.821. The van der Waals surface area contributed by atoms with Crippen LogP contribution in [0.3, 0.4) is 0 Å². The lowest BCUT2D eigenvalue weighted by Gasteiger charge is -2.42. The molecule has 1 atom stereocenters. The smallest absolute Gasteiger partial charge is 0.0480 e. The summed E-state index contributed by atoms with van der Waals surface area (Å²) in [5.41, 5.74) is 0. The van der Waals surface area contributed by atoms with Gasteiger partial charge in [0.25, 0.3) is 0 Å². The van der Waals surface area contributed by atoms with Gasteiger partial charge in [-0.25, -0.2) is 0 Å². The van der Waals surface area contributed by atoms with Crippen LogP contribution in [0.5, 0.6) is 0 Å². The highest BCUT2D eigenvalue weighted by Gasteiger charge is 2.33. The first-order valence-corrected chi connectivity index (χ1v) is 6.49. The fourth-order valence-corrected chi connectivity index (χ4v) is 3.40. The third kappa shape index (κ3) is 2.05. The van der Waals surface area contributed by atoms with Crippen LogP contribution in [0.15, 0.2) is 0 Å². The van der Waals surface area contributed by atoms with E-state index >= 15 is 0 Å². The molecule has 1 unspecified atom stereocenters. The highest BCUT2D eigenvalue weighted by molar-refractivity contribution is 4.89. The van der Waals surface area contributed by atoms with Gasteiger partial charge in [0, 0.05) is 44.9 Å². The van der Waals surface area contributed by atoms with Gasteiger partial charge >= 0.3 is 0 Å². The van der Waals surface area contributed by atoms with E-state index in [0.29, 0.717) is 0 Å². The lowest BCUT2D eigenvalue weighted by Crippen LogP contribution is -2.54. The molecule has 0 radical (unpaired) electrons. The van der Waals surface area contributed by atoms with Crippen molar-refractivity contribution in [1.82, 2.24) is 9.80 Å². The normalized spacial score (nSPS) is 35.6. The number of piperazine rings is 1. The van der Waals surface area contributed by atoms with Crippen LogP contribution < -0.4 is 0 Å². The summed E-state index contributed by atoms with van der Waals surface area (Å²) in [5, 5.41) is 0. The summed E-state index contributed by atoms with van der Waals surface area (Å²) in [6.07, 6.45) is 5.37. The topological polar surface area (TPSA) is 15.7 Å². The first-order chi connectivity index (χ1) is 7.43. The summed E-state index contributed by atoms with van der Waals surface area (Å²) in [6, 6.07) is 1.70. The van der Waals surface area contributed by atoms with Gasteiger partial charge in [0.15, 0.2) is 0 Å². The van der Waals surface area contributed by atoms with Crippen molar-refractivity contribution in [1.29, 1.82) is 0 Å². The molecule has 0 spiro atoms. The van der Waals surface area contributed by atoms with E-state index in [4.69, 9.17) is 4.74 Å². The van der Waals surface area contributed by atoms with Crippen molar-refractivity contribution in [3.05, 3.63) is 0 Å². The molecular weight excluding hydrogens is 188 g/mol. The highest BCUT2D eigenvalue weighted by Crippen LogP contribution is 2.25. The average Bonchev–Trinajstić information content (AvgIpc) is 2.77. The van der Waals surface area contributed by atoms with E-state index in [1.807, 2.05) is 0 Å². The number of hydrogen-bond acceptors (Lipinski definition) is 3. The van der Waals surface area contributed by atoms with Crippen molar-refractivity contribution in [3.8, 4) is 0 Å².